The van der Waals surface area contributed by atoms with Crippen LogP contribution in [0.5, 0.6) is 0 Å². The van der Waals surface area contributed by atoms with Gasteiger partial charge in [0.1, 0.15) is 0 Å². The number of amides is 2. The van der Waals surface area contributed by atoms with Crippen LogP contribution in [0.3, 0.4) is 0 Å². The zero-order chi connectivity index (χ0) is 14.7. The summed E-state index contributed by atoms with van der Waals surface area (Å²) < 4.78 is 3.69. The Labute approximate surface area is 128 Å². The normalized spacial score (nSPS) is 24.1. The Hall–Kier alpha value is -1.50. The molecule has 114 valence electrons. The van der Waals surface area contributed by atoms with E-state index in [2.05, 4.69) is 14.9 Å². The molecule has 2 amide bonds. The molecule has 0 aromatic carbocycles. The molecule has 2 aliphatic rings. The van der Waals surface area contributed by atoms with Crippen molar-refractivity contribution < 1.29 is 9.59 Å². The van der Waals surface area contributed by atoms with Crippen LogP contribution in [-0.4, -0.2) is 44.9 Å². The first-order valence-corrected chi connectivity index (χ1v) is 8.45. The molecule has 1 saturated carbocycles. The molecule has 1 aromatic rings. The molecule has 1 aromatic heterocycles. The summed E-state index contributed by atoms with van der Waals surface area (Å²) in [5.74, 6) is -0.0622. The fraction of sp³-hybridized carbons (Fsp3) is 0.714. The Morgan fingerprint density at radius 3 is 2.71 bits per heavy atom. The highest BCUT2D eigenvalue weighted by Gasteiger charge is 2.35. The van der Waals surface area contributed by atoms with Gasteiger partial charge in [-0.25, -0.2) is 0 Å². The summed E-state index contributed by atoms with van der Waals surface area (Å²) >= 11 is 1.15. The van der Waals surface area contributed by atoms with Gasteiger partial charge in [-0.05, 0) is 24.4 Å². The van der Waals surface area contributed by atoms with E-state index in [4.69, 9.17) is 0 Å². The van der Waals surface area contributed by atoms with Crippen LogP contribution < -0.4 is 5.32 Å². The van der Waals surface area contributed by atoms with Crippen LogP contribution in [0.4, 0.5) is 0 Å². The molecule has 1 aliphatic heterocycles. The molecule has 0 bridgehead atoms. The van der Waals surface area contributed by atoms with Gasteiger partial charge in [-0.2, -0.15) is 0 Å². The Morgan fingerprint density at radius 1 is 1.29 bits per heavy atom. The molecule has 21 heavy (non-hydrogen) atoms. The second-order valence-corrected chi connectivity index (χ2v) is 6.47. The van der Waals surface area contributed by atoms with Crippen molar-refractivity contribution in [1.29, 1.82) is 0 Å². The summed E-state index contributed by atoms with van der Waals surface area (Å²) in [6.07, 6.45) is 7.56. The Balaban J connectivity index is 1.57. The number of nitrogens with one attached hydrogen (secondary N) is 1. The number of nitrogens with zero attached hydrogens (tertiary/aromatic N) is 3. The Bertz CT molecular complexity index is 497. The molecule has 7 heteroatoms. The zero-order valence-corrected chi connectivity index (χ0v) is 12.8. The Morgan fingerprint density at radius 2 is 2.05 bits per heavy atom. The third-order valence-corrected chi connectivity index (χ3v) is 4.86. The molecule has 0 radical (unpaired) electrons. The lowest BCUT2D eigenvalue weighted by Gasteiger charge is -2.27. The number of hydrogen-bond acceptors (Lipinski definition) is 5. The molecule has 0 unspecified atom stereocenters. The summed E-state index contributed by atoms with van der Waals surface area (Å²) in [7, 11) is 0. The van der Waals surface area contributed by atoms with Crippen LogP contribution in [0.2, 0.25) is 0 Å². The minimum Gasteiger partial charge on any atom is -0.346 e. The van der Waals surface area contributed by atoms with E-state index >= 15 is 0 Å². The molecule has 0 spiro atoms. The quantitative estimate of drug-likeness (QED) is 0.861. The van der Waals surface area contributed by atoms with E-state index in [1.807, 2.05) is 4.90 Å². The van der Waals surface area contributed by atoms with E-state index in [0.717, 1.165) is 24.4 Å². The van der Waals surface area contributed by atoms with Gasteiger partial charge < -0.3 is 10.2 Å². The molecule has 2 fully saturated rings. The van der Waals surface area contributed by atoms with E-state index in [0.29, 0.717) is 24.7 Å². The van der Waals surface area contributed by atoms with Crippen molar-refractivity contribution in [2.24, 2.45) is 0 Å². The van der Waals surface area contributed by atoms with E-state index in [1.165, 1.54) is 25.7 Å². The predicted octanol–water partition coefficient (Wildman–Crippen LogP) is 1.59. The number of hydrogen-bond donors (Lipinski definition) is 1. The highest BCUT2D eigenvalue weighted by Crippen LogP contribution is 2.25. The van der Waals surface area contributed by atoms with Crippen molar-refractivity contribution in [3.63, 3.8) is 0 Å². The molecule has 2 heterocycles. The van der Waals surface area contributed by atoms with Gasteiger partial charge in [0.25, 0.3) is 5.91 Å². The number of aromatic nitrogens is 2. The SMILES string of the molecule is O=C(N[C@@H]1CC(=O)N(C2CCCCCC2)C1)c1csnn1. The number of rotatable bonds is 3. The fourth-order valence-corrected chi connectivity index (χ4v) is 3.71. The number of likely N-dealkylation sites (tertiary alicyclic amines) is 1. The van der Waals surface area contributed by atoms with Crippen LogP contribution in [-0.2, 0) is 4.79 Å². The first-order valence-electron chi connectivity index (χ1n) is 7.61. The summed E-state index contributed by atoms with van der Waals surface area (Å²) in [5.41, 5.74) is 0.334. The largest absolute Gasteiger partial charge is 0.346 e. The second kappa shape index (κ2) is 6.51. The Kier molecular flexibility index (Phi) is 4.48. The molecular weight excluding hydrogens is 288 g/mol. The average Bonchev–Trinajstić information content (AvgIpc) is 3.03. The average molecular weight is 308 g/mol. The molecule has 1 atom stereocenters. The van der Waals surface area contributed by atoms with Gasteiger partial charge in [0, 0.05) is 24.4 Å². The minimum atomic E-state index is -0.232. The summed E-state index contributed by atoms with van der Waals surface area (Å²) in [4.78, 5) is 26.2. The van der Waals surface area contributed by atoms with E-state index in [9.17, 15) is 9.59 Å². The van der Waals surface area contributed by atoms with Crippen molar-refractivity contribution in [2.45, 2.75) is 57.0 Å². The topological polar surface area (TPSA) is 75.2 Å². The summed E-state index contributed by atoms with van der Waals surface area (Å²) in [6.45, 7) is 0.632. The molecule has 6 nitrogen and oxygen atoms in total. The maximum absolute atomic E-state index is 12.2. The van der Waals surface area contributed by atoms with Crippen molar-refractivity contribution in [3.8, 4) is 0 Å². The van der Waals surface area contributed by atoms with E-state index < -0.39 is 0 Å². The third-order valence-electron chi connectivity index (χ3n) is 4.35. The van der Waals surface area contributed by atoms with Crippen LogP contribution in [0.25, 0.3) is 0 Å². The monoisotopic (exact) mass is 308 g/mol. The van der Waals surface area contributed by atoms with Crippen molar-refractivity contribution >= 4 is 23.3 Å². The summed E-state index contributed by atoms with van der Waals surface area (Å²) in [6, 6.07) is 0.262. The van der Waals surface area contributed by atoms with Gasteiger partial charge in [0.05, 0.1) is 6.04 Å². The van der Waals surface area contributed by atoms with Gasteiger partial charge in [-0.15, -0.1) is 5.10 Å². The highest BCUT2D eigenvalue weighted by atomic mass is 32.1. The third kappa shape index (κ3) is 3.40. The van der Waals surface area contributed by atoms with E-state index in [1.54, 1.807) is 5.38 Å². The number of carbonyl (C=O) groups excluding carboxylic acids is 2. The maximum Gasteiger partial charge on any atom is 0.273 e. The molecular formula is C14H20N4O2S. The van der Waals surface area contributed by atoms with Gasteiger partial charge in [0.15, 0.2) is 5.69 Å². The van der Waals surface area contributed by atoms with Crippen LogP contribution in [0.15, 0.2) is 5.38 Å². The number of carbonyl (C=O) groups is 2. The standard InChI is InChI=1S/C14H20N4O2S/c19-13-7-10(15-14(20)12-9-21-17-16-12)8-18(13)11-5-3-1-2-4-6-11/h9-11H,1-8H2,(H,15,20)/t10-/m1/s1. The maximum atomic E-state index is 12.2. The lowest BCUT2D eigenvalue weighted by molar-refractivity contribution is -0.129. The first-order chi connectivity index (χ1) is 10.2. The van der Waals surface area contributed by atoms with Gasteiger partial charge in [0.2, 0.25) is 5.91 Å². The fourth-order valence-electron chi connectivity index (χ4n) is 3.27. The summed E-state index contributed by atoms with van der Waals surface area (Å²) in [5, 5.41) is 8.28. The van der Waals surface area contributed by atoms with Crippen LogP contribution >= 0.6 is 11.5 Å². The smallest absolute Gasteiger partial charge is 0.273 e. The minimum absolute atomic E-state index is 0.102. The second-order valence-electron chi connectivity index (χ2n) is 5.86. The van der Waals surface area contributed by atoms with Crippen LogP contribution in [0.1, 0.15) is 55.4 Å². The lowest BCUT2D eigenvalue weighted by atomic mass is 10.1. The van der Waals surface area contributed by atoms with E-state index in [-0.39, 0.29) is 17.9 Å². The van der Waals surface area contributed by atoms with Crippen molar-refractivity contribution in [2.75, 3.05) is 6.54 Å². The van der Waals surface area contributed by atoms with Gasteiger partial charge >= 0.3 is 0 Å². The molecule has 3 rings (SSSR count). The molecule has 1 saturated heterocycles. The highest BCUT2D eigenvalue weighted by molar-refractivity contribution is 7.03. The molecule has 1 N–H and O–H groups in total. The van der Waals surface area contributed by atoms with Crippen LogP contribution in [0, 0.1) is 0 Å². The van der Waals surface area contributed by atoms with Gasteiger partial charge in [-0.1, -0.05) is 30.2 Å². The predicted molar refractivity (Wildman–Crippen MR) is 79.0 cm³/mol. The van der Waals surface area contributed by atoms with Crippen molar-refractivity contribution in [3.05, 3.63) is 11.1 Å². The van der Waals surface area contributed by atoms with Gasteiger partial charge in [-0.3, -0.25) is 9.59 Å². The zero-order valence-electron chi connectivity index (χ0n) is 12.0. The first kappa shape index (κ1) is 14.4. The molecule has 1 aliphatic carbocycles. The lowest BCUT2D eigenvalue weighted by Crippen LogP contribution is -2.40. The van der Waals surface area contributed by atoms with Crippen molar-refractivity contribution in [1.82, 2.24) is 19.8 Å².